The van der Waals surface area contributed by atoms with Crippen LogP contribution in [0.4, 0.5) is 14.9 Å². The minimum Gasteiger partial charge on any atom is -0.465 e. The number of hydrogen-bond acceptors (Lipinski definition) is 2. The Morgan fingerprint density at radius 2 is 2.20 bits per heavy atom. The van der Waals surface area contributed by atoms with Crippen molar-refractivity contribution in [3.8, 4) is 0 Å². The summed E-state index contributed by atoms with van der Waals surface area (Å²) in [5, 5.41) is 12.8. The lowest BCUT2D eigenvalue weighted by atomic mass is 10.2. The molecular weight excluding hydrogens is 219 g/mol. The first kappa shape index (κ1) is 11.4. The summed E-state index contributed by atoms with van der Waals surface area (Å²) < 4.78 is 13.1. The summed E-state index contributed by atoms with van der Waals surface area (Å²) in [5.74, 6) is -0.377. The molecule has 0 aliphatic carbocycles. The van der Waals surface area contributed by atoms with Gasteiger partial charge in [0.1, 0.15) is 5.82 Å². The molecule has 0 bridgehead atoms. The Bertz CT molecular complexity index is 409. The van der Waals surface area contributed by atoms with Crippen molar-refractivity contribution in [3.63, 3.8) is 0 Å². The average Bonchev–Trinajstić information content (AvgIpc) is 2.11. The Kier molecular flexibility index (Phi) is 3.56. The highest BCUT2D eigenvalue weighted by molar-refractivity contribution is 7.80. The molecule has 0 aliphatic heterocycles. The predicted molar refractivity (Wildman–Crippen MR) is 58.5 cm³/mol. The first-order valence-corrected chi connectivity index (χ1v) is 4.47. The monoisotopic (exact) mass is 228 g/mol. The third-order valence-electron chi connectivity index (χ3n) is 1.74. The molecule has 0 fully saturated rings. The third kappa shape index (κ3) is 3.17. The fourth-order valence-electron chi connectivity index (χ4n) is 0.994. The second-order valence-electron chi connectivity index (χ2n) is 2.80. The summed E-state index contributed by atoms with van der Waals surface area (Å²) in [6.45, 7) is 1.57. The Morgan fingerprint density at radius 1 is 1.53 bits per heavy atom. The van der Waals surface area contributed by atoms with E-state index in [0.717, 1.165) is 0 Å². The van der Waals surface area contributed by atoms with Crippen molar-refractivity contribution in [3.05, 3.63) is 29.6 Å². The van der Waals surface area contributed by atoms with E-state index in [1.54, 1.807) is 13.0 Å². The average molecular weight is 228 g/mol. The molecular formula is C9H9FN2O2S. The quantitative estimate of drug-likeness (QED) is 0.644. The van der Waals surface area contributed by atoms with E-state index >= 15 is 0 Å². The highest BCUT2D eigenvalue weighted by Crippen LogP contribution is 2.16. The number of thiocarbonyl (C=S) groups is 1. The van der Waals surface area contributed by atoms with Crippen molar-refractivity contribution in [2.75, 3.05) is 5.32 Å². The summed E-state index contributed by atoms with van der Waals surface area (Å²) in [5.41, 5.74) is 0.820. The lowest BCUT2D eigenvalue weighted by molar-refractivity contribution is 0.200. The molecule has 0 saturated carbocycles. The van der Waals surface area contributed by atoms with Crippen molar-refractivity contribution in [2.24, 2.45) is 0 Å². The zero-order valence-electron chi connectivity index (χ0n) is 7.87. The van der Waals surface area contributed by atoms with E-state index in [-0.39, 0.29) is 10.9 Å². The van der Waals surface area contributed by atoms with Crippen LogP contribution in [0.3, 0.4) is 0 Å². The zero-order valence-corrected chi connectivity index (χ0v) is 8.69. The second-order valence-corrected chi connectivity index (χ2v) is 3.20. The van der Waals surface area contributed by atoms with Gasteiger partial charge in [-0.3, -0.25) is 5.32 Å². The van der Waals surface area contributed by atoms with Gasteiger partial charge in [-0.2, -0.15) is 0 Å². The Labute approximate surface area is 91.1 Å². The van der Waals surface area contributed by atoms with E-state index in [0.29, 0.717) is 11.3 Å². The highest BCUT2D eigenvalue weighted by atomic mass is 32.1. The fraction of sp³-hybridized carbons (Fsp3) is 0.111. The molecule has 0 heterocycles. The molecule has 0 aliphatic rings. The number of benzene rings is 1. The summed E-state index contributed by atoms with van der Waals surface area (Å²) in [6, 6.07) is 4.43. The molecule has 6 heteroatoms. The maximum Gasteiger partial charge on any atom is 0.410 e. The van der Waals surface area contributed by atoms with Gasteiger partial charge in [0.15, 0.2) is 5.11 Å². The molecule has 4 nitrogen and oxygen atoms in total. The van der Waals surface area contributed by atoms with Crippen LogP contribution in [0.25, 0.3) is 0 Å². The van der Waals surface area contributed by atoms with Gasteiger partial charge < -0.3 is 10.4 Å². The SMILES string of the molecule is Cc1c(F)cccc1NC(=S)NC(=O)O. The van der Waals surface area contributed by atoms with Gasteiger partial charge in [0.25, 0.3) is 0 Å². The van der Waals surface area contributed by atoms with Gasteiger partial charge in [-0.05, 0) is 31.3 Å². The number of amides is 1. The van der Waals surface area contributed by atoms with Crippen LogP contribution in [0, 0.1) is 12.7 Å². The van der Waals surface area contributed by atoms with E-state index < -0.39 is 6.09 Å². The molecule has 3 N–H and O–H groups in total. The third-order valence-corrected chi connectivity index (χ3v) is 1.94. The van der Waals surface area contributed by atoms with Crippen LogP contribution < -0.4 is 10.6 Å². The number of halogens is 1. The van der Waals surface area contributed by atoms with Crippen molar-refractivity contribution < 1.29 is 14.3 Å². The first-order chi connectivity index (χ1) is 7.00. The van der Waals surface area contributed by atoms with Crippen LogP contribution in [0.5, 0.6) is 0 Å². The van der Waals surface area contributed by atoms with Gasteiger partial charge >= 0.3 is 6.09 Å². The molecule has 15 heavy (non-hydrogen) atoms. The van der Waals surface area contributed by atoms with Crippen LogP contribution in [0.15, 0.2) is 18.2 Å². The Hall–Kier alpha value is -1.69. The number of carboxylic acid groups (broad SMARTS) is 1. The van der Waals surface area contributed by atoms with Crippen LogP contribution in [-0.2, 0) is 0 Å². The first-order valence-electron chi connectivity index (χ1n) is 4.06. The molecule has 0 spiro atoms. The van der Waals surface area contributed by atoms with Crippen molar-refractivity contribution in [1.29, 1.82) is 0 Å². The second kappa shape index (κ2) is 4.70. The minimum atomic E-state index is -1.26. The van der Waals surface area contributed by atoms with E-state index in [1.807, 2.05) is 5.32 Å². The molecule has 0 radical (unpaired) electrons. The summed E-state index contributed by atoms with van der Waals surface area (Å²) >= 11 is 4.69. The van der Waals surface area contributed by atoms with Gasteiger partial charge in [0, 0.05) is 11.3 Å². The highest BCUT2D eigenvalue weighted by Gasteiger charge is 2.06. The molecule has 1 amide bonds. The Balaban J connectivity index is 2.77. The minimum absolute atomic E-state index is 0.0869. The molecule has 1 rings (SSSR count). The van der Waals surface area contributed by atoms with Crippen molar-refractivity contribution >= 4 is 29.1 Å². The molecule has 0 saturated heterocycles. The lowest BCUT2D eigenvalue weighted by Gasteiger charge is -2.10. The van der Waals surface area contributed by atoms with Crippen LogP contribution in [0.1, 0.15) is 5.56 Å². The summed E-state index contributed by atoms with van der Waals surface area (Å²) in [7, 11) is 0. The summed E-state index contributed by atoms with van der Waals surface area (Å²) in [4.78, 5) is 10.2. The smallest absolute Gasteiger partial charge is 0.410 e. The fourth-order valence-corrected chi connectivity index (χ4v) is 1.19. The molecule has 1 aromatic carbocycles. The molecule has 0 unspecified atom stereocenters. The molecule has 0 atom stereocenters. The van der Waals surface area contributed by atoms with E-state index in [9.17, 15) is 9.18 Å². The van der Waals surface area contributed by atoms with Gasteiger partial charge in [-0.15, -0.1) is 0 Å². The number of hydrogen-bond donors (Lipinski definition) is 3. The summed E-state index contributed by atoms with van der Waals surface area (Å²) in [6.07, 6.45) is -1.26. The molecule has 80 valence electrons. The van der Waals surface area contributed by atoms with Crippen molar-refractivity contribution in [1.82, 2.24) is 5.32 Å². The van der Waals surface area contributed by atoms with Gasteiger partial charge in [0.2, 0.25) is 0 Å². The van der Waals surface area contributed by atoms with Gasteiger partial charge in [-0.1, -0.05) is 6.07 Å². The maximum atomic E-state index is 13.1. The van der Waals surface area contributed by atoms with E-state index in [1.165, 1.54) is 12.1 Å². The van der Waals surface area contributed by atoms with Crippen molar-refractivity contribution in [2.45, 2.75) is 6.92 Å². The topological polar surface area (TPSA) is 61.4 Å². The zero-order chi connectivity index (χ0) is 11.4. The Morgan fingerprint density at radius 3 is 2.80 bits per heavy atom. The number of rotatable bonds is 1. The van der Waals surface area contributed by atoms with Crippen LogP contribution >= 0.6 is 12.2 Å². The predicted octanol–water partition coefficient (Wildman–Crippen LogP) is 2.10. The van der Waals surface area contributed by atoms with E-state index in [4.69, 9.17) is 5.11 Å². The number of nitrogens with one attached hydrogen (secondary N) is 2. The number of carbonyl (C=O) groups is 1. The maximum absolute atomic E-state index is 13.1. The van der Waals surface area contributed by atoms with Crippen LogP contribution in [0.2, 0.25) is 0 Å². The largest absolute Gasteiger partial charge is 0.465 e. The van der Waals surface area contributed by atoms with Crippen LogP contribution in [-0.4, -0.2) is 16.3 Å². The van der Waals surface area contributed by atoms with Gasteiger partial charge in [-0.25, -0.2) is 9.18 Å². The standard InChI is InChI=1S/C9H9FN2O2S/c1-5-6(10)3-2-4-7(5)11-8(15)12-9(13)14/h2-4H,1H3,(H,13,14)(H2,11,12,15). The number of anilines is 1. The molecule has 0 aromatic heterocycles. The van der Waals surface area contributed by atoms with Gasteiger partial charge in [0.05, 0.1) is 0 Å². The van der Waals surface area contributed by atoms with E-state index in [2.05, 4.69) is 17.5 Å². The molecule has 1 aromatic rings. The normalized spacial score (nSPS) is 9.47. The lowest BCUT2D eigenvalue weighted by Crippen LogP contribution is -2.32.